The summed E-state index contributed by atoms with van der Waals surface area (Å²) in [5, 5.41) is 8.16. The minimum atomic E-state index is -0.286. The zero-order chi connectivity index (χ0) is 15.4. The second-order valence-corrected chi connectivity index (χ2v) is 5.12. The van der Waals surface area contributed by atoms with Crippen molar-refractivity contribution in [3.8, 4) is 0 Å². The van der Waals surface area contributed by atoms with E-state index in [1.54, 1.807) is 18.3 Å². The SMILES string of the molecule is O=C(NC(=S)Nc1ccc2ccccc2c1)c1cccnc1. The summed E-state index contributed by atoms with van der Waals surface area (Å²) in [5.74, 6) is -0.286. The number of fused-ring (bicyclic) bond motifs is 1. The zero-order valence-corrected chi connectivity index (χ0v) is 12.4. The third kappa shape index (κ3) is 3.27. The first-order valence-electron chi connectivity index (χ1n) is 6.73. The highest BCUT2D eigenvalue weighted by Gasteiger charge is 2.07. The molecule has 4 nitrogen and oxygen atoms in total. The number of pyridine rings is 1. The first kappa shape index (κ1) is 14.2. The van der Waals surface area contributed by atoms with Crippen LogP contribution in [0, 0.1) is 0 Å². The van der Waals surface area contributed by atoms with Crippen molar-refractivity contribution in [3.05, 3.63) is 72.6 Å². The van der Waals surface area contributed by atoms with Crippen LogP contribution >= 0.6 is 12.2 Å². The number of thiocarbonyl (C=S) groups is 1. The van der Waals surface area contributed by atoms with Crippen molar-refractivity contribution in [2.45, 2.75) is 0 Å². The number of rotatable bonds is 2. The van der Waals surface area contributed by atoms with Gasteiger partial charge in [0.1, 0.15) is 0 Å². The van der Waals surface area contributed by atoms with Gasteiger partial charge in [0.05, 0.1) is 5.56 Å². The van der Waals surface area contributed by atoms with Gasteiger partial charge in [0.15, 0.2) is 5.11 Å². The van der Waals surface area contributed by atoms with E-state index in [-0.39, 0.29) is 11.0 Å². The molecule has 1 heterocycles. The lowest BCUT2D eigenvalue weighted by Crippen LogP contribution is -2.34. The normalized spacial score (nSPS) is 10.2. The summed E-state index contributed by atoms with van der Waals surface area (Å²) < 4.78 is 0. The molecule has 108 valence electrons. The molecular formula is C17H13N3OS. The second kappa shape index (κ2) is 6.32. The highest BCUT2D eigenvalue weighted by Crippen LogP contribution is 2.18. The molecule has 0 saturated carbocycles. The number of carbonyl (C=O) groups is 1. The molecule has 3 aromatic rings. The minimum Gasteiger partial charge on any atom is -0.332 e. The van der Waals surface area contributed by atoms with Crippen molar-refractivity contribution >= 4 is 39.7 Å². The molecule has 0 bridgehead atoms. The van der Waals surface area contributed by atoms with E-state index in [4.69, 9.17) is 12.2 Å². The Morgan fingerprint density at radius 3 is 2.59 bits per heavy atom. The highest BCUT2D eigenvalue weighted by molar-refractivity contribution is 7.80. The molecule has 0 radical (unpaired) electrons. The summed E-state index contributed by atoms with van der Waals surface area (Å²) >= 11 is 5.17. The van der Waals surface area contributed by atoms with Gasteiger partial charge in [-0.1, -0.05) is 30.3 Å². The van der Waals surface area contributed by atoms with E-state index in [1.807, 2.05) is 42.5 Å². The summed E-state index contributed by atoms with van der Waals surface area (Å²) in [4.78, 5) is 15.9. The van der Waals surface area contributed by atoms with Gasteiger partial charge in [0.2, 0.25) is 0 Å². The summed E-state index contributed by atoms with van der Waals surface area (Å²) in [6.07, 6.45) is 3.11. The maximum Gasteiger partial charge on any atom is 0.258 e. The number of nitrogens with one attached hydrogen (secondary N) is 2. The Morgan fingerprint density at radius 1 is 1.00 bits per heavy atom. The molecule has 0 aliphatic carbocycles. The standard InChI is InChI=1S/C17H13N3OS/c21-16(14-6-3-9-18-11-14)20-17(22)19-15-8-7-12-4-1-2-5-13(12)10-15/h1-11H,(H2,19,20,21,22). The van der Waals surface area contributed by atoms with Crippen molar-refractivity contribution in [3.63, 3.8) is 0 Å². The zero-order valence-electron chi connectivity index (χ0n) is 11.6. The fourth-order valence-electron chi connectivity index (χ4n) is 2.10. The number of hydrogen-bond acceptors (Lipinski definition) is 3. The fraction of sp³-hybridized carbons (Fsp3) is 0. The van der Waals surface area contributed by atoms with Crippen molar-refractivity contribution in [2.75, 3.05) is 5.32 Å². The van der Waals surface area contributed by atoms with E-state index in [0.29, 0.717) is 5.56 Å². The summed E-state index contributed by atoms with van der Waals surface area (Å²) in [6.45, 7) is 0. The Balaban J connectivity index is 1.69. The predicted molar refractivity (Wildman–Crippen MR) is 91.9 cm³/mol. The van der Waals surface area contributed by atoms with Crippen LogP contribution in [0.25, 0.3) is 10.8 Å². The summed E-state index contributed by atoms with van der Waals surface area (Å²) in [6, 6.07) is 17.3. The Bertz CT molecular complexity index is 833. The van der Waals surface area contributed by atoms with Crippen LogP contribution in [0.3, 0.4) is 0 Å². The van der Waals surface area contributed by atoms with Gasteiger partial charge in [-0.3, -0.25) is 15.1 Å². The van der Waals surface area contributed by atoms with Gasteiger partial charge in [0, 0.05) is 18.1 Å². The molecule has 3 rings (SSSR count). The van der Waals surface area contributed by atoms with Gasteiger partial charge in [-0.2, -0.15) is 0 Å². The van der Waals surface area contributed by atoms with Crippen LogP contribution < -0.4 is 10.6 Å². The van der Waals surface area contributed by atoms with Crippen molar-refractivity contribution in [1.29, 1.82) is 0 Å². The van der Waals surface area contributed by atoms with Crippen molar-refractivity contribution in [1.82, 2.24) is 10.3 Å². The number of amides is 1. The van der Waals surface area contributed by atoms with E-state index in [1.165, 1.54) is 6.20 Å². The van der Waals surface area contributed by atoms with Crippen molar-refractivity contribution < 1.29 is 4.79 Å². The van der Waals surface area contributed by atoms with Crippen LogP contribution in [0.1, 0.15) is 10.4 Å². The Hall–Kier alpha value is -2.79. The molecule has 0 unspecified atom stereocenters. The summed E-state index contributed by atoms with van der Waals surface area (Å²) in [7, 11) is 0. The summed E-state index contributed by atoms with van der Waals surface area (Å²) in [5.41, 5.74) is 1.29. The number of anilines is 1. The lowest BCUT2D eigenvalue weighted by atomic mass is 10.1. The number of hydrogen-bond donors (Lipinski definition) is 2. The maximum atomic E-state index is 12.0. The first-order valence-corrected chi connectivity index (χ1v) is 7.14. The molecule has 0 aliphatic rings. The number of aromatic nitrogens is 1. The Kier molecular flexibility index (Phi) is 4.07. The minimum absolute atomic E-state index is 0.254. The van der Waals surface area contributed by atoms with Gasteiger partial charge in [-0.05, 0) is 47.3 Å². The topological polar surface area (TPSA) is 54.0 Å². The van der Waals surface area contributed by atoms with Crippen LogP contribution in [-0.2, 0) is 0 Å². The van der Waals surface area contributed by atoms with Gasteiger partial charge >= 0.3 is 0 Å². The molecule has 2 aromatic carbocycles. The monoisotopic (exact) mass is 307 g/mol. The molecule has 1 amide bonds. The third-order valence-corrected chi connectivity index (χ3v) is 3.36. The average molecular weight is 307 g/mol. The van der Waals surface area contributed by atoms with E-state index in [0.717, 1.165) is 16.5 Å². The Morgan fingerprint density at radius 2 is 1.82 bits per heavy atom. The van der Waals surface area contributed by atoms with Crippen LogP contribution in [0.4, 0.5) is 5.69 Å². The number of nitrogens with zero attached hydrogens (tertiary/aromatic N) is 1. The van der Waals surface area contributed by atoms with Crippen LogP contribution in [0.2, 0.25) is 0 Å². The average Bonchev–Trinajstić information content (AvgIpc) is 2.55. The molecule has 0 saturated heterocycles. The van der Waals surface area contributed by atoms with E-state index in [9.17, 15) is 4.79 Å². The van der Waals surface area contributed by atoms with Gasteiger partial charge in [-0.25, -0.2) is 0 Å². The lowest BCUT2D eigenvalue weighted by Gasteiger charge is -2.10. The third-order valence-electron chi connectivity index (χ3n) is 3.16. The maximum absolute atomic E-state index is 12.0. The fourth-order valence-corrected chi connectivity index (χ4v) is 2.31. The van der Waals surface area contributed by atoms with E-state index in [2.05, 4.69) is 15.6 Å². The van der Waals surface area contributed by atoms with E-state index >= 15 is 0 Å². The van der Waals surface area contributed by atoms with Crippen molar-refractivity contribution in [2.24, 2.45) is 0 Å². The number of benzene rings is 2. The van der Waals surface area contributed by atoms with Gasteiger partial charge in [-0.15, -0.1) is 0 Å². The highest BCUT2D eigenvalue weighted by atomic mass is 32.1. The lowest BCUT2D eigenvalue weighted by molar-refractivity contribution is 0.0977. The van der Waals surface area contributed by atoms with Crippen LogP contribution in [0.5, 0.6) is 0 Å². The Labute approximate surface area is 133 Å². The van der Waals surface area contributed by atoms with Gasteiger partial charge in [0.25, 0.3) is 5.91 Å². The largest absolute Gasteiger partial charge is 0.332 e. The quantitative estimate of drug-likeness (QED) is 0.713. The number of carbonyl (C=O) groups excluding carboxylic acids is 1. The van der Waals surface area contributed by atoms with Crippen LogP contribution in [-0.4, -0.2) is 16.0 Å². The molecule has 1 aromatic heterocycles. The molecular weight excluding hydrogens is 294 g/mol. The second-order valence-electron chi connectivity index (χ2n) is 4.71. The molecule has 2 N–H and O–H groups in total. The first-order chi connectivity index (χ1) is 10.7. The molecule has 0 aliphatic heterocycles. The molecule has 0 spiro atoms. The molecule has 0 atom stereocenters. The predicted octanol–water partition coefficient (Wildman–Crippen LogP) is 3.36. The smallest absolute Gasteiger partial charge is 0.258 e. The van der Waals surface area contributed by atoms with Crippen LogP contribution in [0.15, 0.2) is 67.0 Å². The van der Waals surface area contributed by atoms with E-state index < -0.39 is 0 Å². The molecule has 0 fully saturated rings. The molecule has 22 heavy (non-hydrogen) atoms. The molecule has 5 heteroatoms. The van der Waals surface area contributed by atoms with Gasteiger partial charge < -0.3 is 5.32 Å².